The summed E-state index contributed by atoms with van der Waals surface area (Å²) in [5.41, 5.74) is 0. The van der Waals surface area contributed by atoms with Crippen molar-refractivity contribution in [2.45, 2.75) is 0 Å². The van der Waals surface area contributed by atoms with Crippen molar-refractivity contribution in [1.29, 1.82) is 0 Å². The Balaban J connectivity index is 2.77. The third kappa shape index (κ3) is 1.06. The van der Waals surface area contributed by atoms with E-state index in [2.05, 4.69) is 5.41 Å². The number of rotatable bonds is 0. The lowest BCUT2D eigenvalue weighted by Crippen LogP contribution is -1.81. The van der Waals surface area contributed by atoms with E-state index in [4.69, 9.17) is 9.11 Å². The van der Waals surface area contributed by atoms with Crippen LogP contribution in [-0.4, -0.2) is 9.11 Å². The van der Waals surface area contributed by atoms with Crippen molar-refractivity contribution < 1.29 is 9.11 Å². The first-order valence-corrected chi connectivity index (χ1v) is 3.37. The summed E-state index contributed by atoms with van der Waals surface area (Å²) in [6.45, 7) is 0. The molecule has 0 saturated heterocycles. The number of allylic oxidation sites excluding steroid dienone is 2. The zero-order chi connectivity index (χ0) is 5.33. The molecule has 1 rings (SSSR count). The summed E-state index contributed by atoms with van der Waals surface area (Å²) in [6.07, 6.45) is 3.06. The van der Waals surface area contributed by atoms with Gasteiger partial charge in [-0.05, 0) is 12.2 Å². The molecule has 1 aliphatic rings. The lowest BCUT2D eigenvalue weighted by atomic mass is 10.6. The minimum absolute atomic E-state index is 1.33. The van der Waals surface area contributed by atoms with Crippen molar-refractivity contribution in [2.75, 3.05) is 0 Å². The molecular formula is C4H5O2S. The maximum Gasteiger partial charge on any atom is 0.0864 e. The molecule has 0 atom stereocenters. The van der Waals surface area contributed by atoms with Crippen molar-refractivity contribution in [3.05, 3.63) is 23.0 Å². The summed E-state index contributed by atoms with van der Waals surface area (Å²) in [5.74, 6) is 0. The molecule has 0 aromatic carbocycles. The Hall–Kier alpha value is -0.250. The van der Waals surface area contributed by atoms with E-state index in [1.807, 2.05) is 0 Å². The van der Waals surface area contributed by atoms with Crippen molar-refractivity contribution in [3.8, 4) is 0 Å². The molecule has 0 saturated carbocycles. The van der Waals surface area contributed by atoms with Crippen molar-refractivity contribution in [2.24, 2.45) is 0 Å². The van der Waals surface area contributed by atoms with Gasteiger partial charge in [0.2, 0.25) is 0 Å². The second-order valence-electron chi connectivity index (χ2n) is 1.21. The zero-order valence-corrected chi connectivity index (χ0v) is 4.35. The van der Waals surface area contributed by atoms with E-state index >= 15 is 0 Å². The zero-order valence-electron chi connectivity index (χ0n) is 3.53. The van der Waals surface area contributed by atoms with Crippen molar-refractivity contribution in [3.63, 3.8) is 0 Å². The summed E-state index contributed by atoms with van der Waals surface area (Å²) < 4.78 is 17.2. The summed E-state index contributed by atoms with van der Waals surface area (Å²) in [4.78, 5) is 0. The molecule has 0 spiro atoms. The summed E-state index contributed by atoms with van der Waals surface area (Å²) in [6, 6.07) is 0. The molecule has 0 bridgehead atoms. The molecule has 0 aromatic rings. The highest BCUT2D eigenvalue weighted by Crippen LogP contribution is 2.43. The van der Waals surface area contributed by atoms with Gasteiger partial charge in [-0.2, -0.15) is 0 Å². The standard InChI is InChI=1S/C4H5O2S/c5-7(6)3-1-2-4-7/h1-3,5-6H. The largest absolute Gasteiger partial charge is 0.291 e. The molecule has 7 heavy (non-hydrogen) atoms. The van der Waals surface area contributed by atoms with Gasteiger partial charge < -0.3 is 0 Å². The average molecular weight is 117 g/mol. The maximum atomic E-state index is 8.60. The summed E-state index contributed by atoms with van der Waals surface area (Å²) >= 11 is 0. The fourth-order valence-corrected chi connectivity index (χ4v) is 0.983. The highest BCUT2D eigenvalue weighted by molar-refractivity contribution is 8.28. The van der Waals surface area contributed by atoms with E-state index in [1.54, 1.807) is 6.08 Å². The molecule has 2 nitrogen and oxygen atoms in total. The van der Waals surface area contributed by atoms with Crippen LogP contribution in [0.15, 0.2) is 17.6 Å². The third-order valence-electron chi connectivity index (χ3n) is 0.606. The van der Waals surface area contributed by atoms with Gasteiger partial charge in [-0.25, -0.2) is 0 Å². The van der Waals surface area contributed by atoms with Gasteiger partial charge >= 0.3 is 0 Å². The molecule has 3 heteroatoms. The Kier molecular flexibility index (Phi) is 0.955. The van der Waals surface area contributed by atoms with Crippen LogP contribution in [0.1, 0.15) is 0 Å². The fraction of sp³-hybridized carbons (Fsp3) is 0. The molecule has 1 heterocycles. The smallest absolute Gasteiger partial charge is 0.0864 e. The highest BCUT2D eigenvalue weighted by atomic mass is 32.3. The van der Waals surface area contributed by atoms with E-state index < -0.39 is 10.6 Å². The predicted molar refractivity (Wildman–Crippen MR) is 29.8 cm³/mol. The molecule has 1 aliphatic heterocycles. The van der Waals surface area contributed by atoms with Crippen molar-refractivity contribution >= 4 is 10.6 Å². The normalized spacial score (nSPS) is 28.3. The molecule has 2 N–H and O–H groups in total. The molecule has 39 valence electrons. The van der Waals surface area contributed by atoms with E-state index in [0.717, 1.165) is 0 Å². The Bertz CT molecular complexity index is 112. The van der Waals surface area contributed by atoms with E-state index in [9.17, 15) is 0 Å². The first-order chi connectivity index (χ1) is 3.21. The predicted octanol–water partition coefficient (Wildman–Crippen LogP) is 1.58. The SMILES string of the molecule is OS1(O)[C]=CC=C1. The first-order valence-electron chi connectivity index (χ1n) is 1.76. The maximum absolute atomic E-state index is 8.60. The minimum Gasteiger partial charge on any atom is -0.291 e. The molecule has 0 unspecified atom stereocenters. The number of hydrogen-bond acceptors (Lipinski definition) is 2. The summed E-state index contributed by atoms with van der Waals surface area (Å²) in [7, 11) is -2.53. The van der Waals surface area contributed by atoms with Gasteiger partial charge in [0.05, 0.1) is 5.41 Å². The van der Waals surface area contributed by atoms with E-state index in [-0.39, 0.29) is 0 Å². The second-order valence-corrected chi connectivity index (χ2v) is 2.90. The van der Waals surface area contributed by atoms with Crippen LogP contribution in [0, 0.1) is 5.41 Å². The molecule has 0 aliphatic carbocycles. The number of hydrogen-bond donors (Lipinski definition) is 2. The monoisotopic (exact) mass is 117 g/mol. The molecule has 1 radical (unpaired) electrons. The fourth-order valence-electron chi connectivity index (χ4n) is 0.328. The van der Waals surface area contributed by atoms with Crippen LogP contribution < -0.4 is 0 Å². The Morgan fingerprint density at radius 2 is 2.14 bits per heavy atom. The third-order valence-corrected chi connectivity index (χ3v) is 1.63. The lowest BCUT2D eigenvalue weighted by Gasteiger charge is -2.17. The van der Waals surface area contributed by atoms with Crippen LogP contribution in [0.2, 0.25) is 0 Å². The second kappa shape index (κ2) is 1.36. The van der Waals surface area contributed by atoms with Gasteiger partial charge in [0, 0.05) is 5.41 Å². The van der Waals surface area contributed by atoms with Gasteiger partial charge in [0.25, 0.3) is 0 Å². The quantitative estimate of drug-likeness (QED) is 0.505. The van der Waals surface area contributed by atoms with Crippen LogP contribution in [0.3, 0.4) is 0 Å². The lowest BCUT2D eigenvalue weighted by molar-refractivity contribution is 0.510. The molecule has 0 aromatic heterocycles. The Labute approximate surface area is 43.5 Å². The molecular weight excluding hydrogens is 112 g/mol. The Morgan fingerprint density at radius 1 is 1.43 bits per heavy atom. The van der Waals surface area contributed by atoms with E-state index in [1.165, 1.54) is 11.5 Å². The van der Waals surface area contributed by atoms with Gasteiger partial charge in [-0.15, -0.1) is 10.6 Å². The highest BCUT2D eigenvalue weighted by Gasteiger charge is 2.04. The molecule has 0 amide bonds. The van der Waals surface area contributed by atoms with Crippen LogP contribution in [-0.2, 0) is 0 Å². The average Bonchev–Trinajstić information content (AvgIpc) is 1.84. The van der Waals surface area contributed by atoms with Crippen LogP contribution in [0.5, 0.6) is 0 Å². The van der Waals surface area contributed by atoms with Crippen LogP contribution >= 0.6 is 10.6 Å². The molecule has 0 fully saturated rings. The van der Waals surface area contributed by atoms with Crippen molar-refractivity contribution in [1.82, 2.24) is 0 Å². The van der Waals surface area contributed by atoms with Crippen LogP contribution in [0.25, 0.3) is 0 Å². The van der Waals surface area contributed by atoms with Crippen LogP contribution in [0.4, 0.5) is 0 Å². The van der Waals surface area contributed by atoms with E-state index in [0.29, 0.717) is 0 Å². The summed E-state index contributed by atoms with van der Waals surface area (Å²) in [5, 5.41) is 3.68. The van der Waals surface area contributed by atoms with Gasteiger partial charge in [0.1, 0.15) is 0 Å². The minimum atomic E-state index is -2.53. The van der Waals surface area contributed by atoms with Gasteiger partial charge in [0.15, 0.2) is 0 Å². The first kappa shape index (κ1) is 4.90. The topological polar surface area (TPSA) is 40.5 Å². The van der Waals surface area contributed by atoms with Gasteiger partial charge in [-0.3, -0.25) is 9.11 Å². The van der Waals surface area contributed by atoms with Gasteiger partial charge in [-0.1, -0.05) is 0 Å². The Morgan fingerprint density at radius 3 is 2.29 bits per heavy atom.